The number of nitrogens with one attached hydrogen (secondary N) is 1. The Bertz CT molecular complexity index is 941. The van der Waals surface area contributed by atoms with Crippen LogP contribution in [0, 0.1) is 5.82 Å². The number of fused-ring (bicyclic) bond motifs is 1. The number of pyridine rings is 1. The molecule has 0 aliphatic rings. The summed E-state index contributed by atoms with van der Waals surface area (Å²) < 4.78 is 25.2. The van der Waals surface area contributed by atoms with Crippen LogP contribution < -0.4 is 10.1 Å². The number of nitrogens with zero attached hydrogens (tertiary/aromatic N) is 1. The molecule has 0 aliphatic heterocycles. The number of thiophene rings is 1. The minimum absolute atomic E-state index is 0.00460. The topological polar surface area (TPSA) is 77.5 Å². The number of hydrogen-bond acceptors (Lipinski definition) is 6. The van der Waals surface area contributed by atoms with Crippen molar-refractivity contribution in [3.05, 3.63) is 47.7 Å². The first kappa shape index (κ1) is 16.8. The van der Waals surface area contributed by atoms with Gasteiger partial charge in [0.25, 0.3) is 0 Å². The van der Waals surface area contributed by atoms with E-state index in [-0.39, 0.29) is 18.0 Å². The van der Waals surface area contributed by atoms with Gasteiger partial charge in [-0.25, -0.2) is 9.18 Å². The van der Waals surface area contributed by atoms with E-state index in [9.17, 15) is 14.0 Å². The van der Waals surface area contributed by atoms with Crippen molar-refractivity contribution < 1.29 is 23.5 Å². The Balaban J connectivity index is 1.77. The Morgan fingerprint density at radius 1 is 1.24 bits per heavy atom. The van der Waals surface area contributed by atoms with Gasteiger partial charge in [0, 0.05) is 24.0 Å². The van der Waals surface area contributed by atoms with Gasteiger partial charge >= 0.3 is 11.9 Å². The van der Waals surface area contributed by atoms with Crippen LogP contribution in [0.4, 0.5) is 10.1 Å². The Morgan fingerprint density at radius 2 is 2.08 bits per heavy atom. The third kappa shape index (κ3) is 3.74. The highest BCUT2D eigenvalue weighted by atomic mass is 32.1. The Morgan fingerprint density at radius 3 is 2.84 bits per heavy atom. The molecule has 2 aromatic heterocycles. The van der Waals surface area contributed by atoms with Crippen molar-refractivity contribution >= 4 is 39.1 Å². The summed E-state index contributed by atoms with van der Waals surface area (Å²) in [5.41, 5.74) is 0.889. The predicted molar refractivity (Wildman–Crippen MR) is 91.4 cm³/mol. The van der Waals surface area contributed by atoms with Gasteiger partial charge in [0.15, 0.2) is 11.6 Å². The Labute approximate surface area is 146 Å². The minimum atomic E-state index is -1.03. The van der Waals surface area contributed by atoms with Gasteiger partial charge in [-0.3, -0.25) is 9.78 Å². The van der Waals surface area contributed by atoms with Crippen molar-refractivity contribution in [3.63, 3.8) is 0 Å². The number of halogens is 1. The lowest BCUT2D eigenvalue weighted by Gasteiger charge is -2.09. The van der Waals surface area contributed by atoms with Gasteiger partial charge in [-0.2, -0.15) is 0 Å². The molecule has 6 nitrogen and oxygen atoms in total. The van der Waals surface area contributed by atoms with Crippen molar-refractivity contribution in [2.24, 2.45) is 0 Å². The van der Waals surface area contributed by atoms with Gasteiger partial charge < -0.3 is 14.8 Å². The molecule has 0 unspecified atom stereocenters. The highest BCUT2D eigenvalue weighted by molar-refractivity contribution is 7.17. The van der Waals surface area contributed by atoms with Crippen LogP contribution in [-0.2, 0) is 14.3 Å². The molecule has 0 saturated carbocycles. The second-order valence-corrected chi connectivity index (χ2v) is 5.78. The van der Waals surface area contributed by atoms with Crippen molar-refractivity contribution in [2.75, 3.05) is 11.9 Å². The molecule has 0 atom stereocenters. The molecule has 128 valence electrons. The van der Waals surface area contributed by atoms with Crippen LogP contribution in [0.25, 0.3) is 10.2 Å². The van der Waals surface area contributed by atoms with E-state index in [1.165, 1.54) is 23.5 Å². The van der Waals surface area contributed by atoms with Crippen LogP contribution in [0.2, 0.25) is 0 Å². The summed E-state index contributed by atoms with van der Waals surface area (Å²) in [5, 5.41) is 4.14. The van der Waals surface area contributed by atoms with E-state index in [0.29, 0.717) is 5.75 Å². The summed E-state index contributed by atoms with van der Waals surface area (Å²) >= 11 is 1.44. The Kier molecular flexibility index (Phi) is 4.90. The number of ether oxygens (including phenoxy) is 2. The fourth-order valence-electron chi connectivity index (χ4n) is 2.09. The normalized spacial score (nSPS) is 10.5. The molecular formula is C17H13FN2O4S. The van der Waals surface area contributed by atoms with Crippen molar-refractivity contribution in [1.82, 2.24) is 4.98 Å². The molecule has 1 aromatic carbocycles. The molecule has 0 fully saturated rings. The molecule has 0 saturated heterocycles. The molecule has 1 N–H and O–H groups in total. The maximum atomic E-state index is 14.3. The molecule has 3 rings (SSSR count). The van der Waals surface area contributed by atoms with E-state index in [0.717, 1.165) is 16.3 Å². The smallest absolute Gasteiger partial charge is 0.397 e. The molecular weight excluding hydrogens is 347 g/mol. The molecule has 0 aliphatic carbocycles. The molecule has 25 heavy (non-hydrogen) atoms. The first-order chi connectivity index (χ1) is 12.1. The average Bonchev–Trinajstić information content (AvgIpc) is 3.07. The van der Waals surface area contributed by atoms with E-state index in [4.69, 9.17) is 4.74 Å². The summed E-state index contributed by atoms with van der Waals surface area (Å²) in [6.07, 6.45) is 1.58. The van der Waals surface area contributed by atoms with Crippen LogP contribution in [-0.4, -0.2) is 23.5 Å². The van der Waals surface area contributed by atoms with Crippen molar-refractivity contribution in [3.8, 4) is 11.5 Å². The number of hydrogen-bond donors (Lipinski definition) is 1. The highest BCUT2D eigenvalue weighted by Gasteiger charge is 2.16. The monoisotopic (exact) mass is 360 g/mol. The van der Waals surface area contributed by atoms with Gasteiger partial charge in [-0.15, -0.1) is 11.3 Å². The fourth-order valence-corrected chi connectivity index (χ4v) is 2.89. The first-order valence-corrected chi connectivity index (χ1v) is 8.24. The maximum absolute atomic E-state index is 14.3. The summed E-state index contributed by atoms with van der Waals surface area (Å²) in [4.78, 5) is 27.0. The van der Waals surface area contributed by atoms with E-state index in [1.807, 2.05) is 11.4 Å². The molecule has 0 spiro atoms. The SMILES string of the molecule is CCOC(=O)C(=O)Nc1ccc(Oc2ccnc3ccsc23)c(F)c1. The van der Waals surface area contributed by atoms with Gasteiger partial charge in [0.1, 0.15) is 5.75 Å². The number of aromatic nitrogens is 1. The summed E-state index contributed by atoms with van der Waals surface area (Å²) in [7, 11) is 0. The quantitative estimate of drug-likeness (QED) is 0.567. The first-order valence-electron chi connectivity index (χ1n) is 7.36. The third-order valence-electron chi connectivity index (χ3n) is 3.18. The third-order valence-corrected chi connectivity index (χ3v) is 4.10. The maximum Gasteiger partial charge on any atom is 0.397 e. The number of anilines is 1. The molecule has 2 heterocycles. The molecule has 0 radical (unpaired) electrons. The zero-order valence-corrected chi connectivity index (χ0v) is 13.9. The zero-order chi connectivity index (χ0) is 17.8. The van der Waals surface area contributed by atoms with Crippen LogP contribution in [0.15, 0.2) is 41.9 Å². The number of benzene rings is 1. The second kappa shape index (κ2) is 7.27. The fraction of sp³-hybridized carbons (Fsp3) is 0.118. The largest absolute Gasteiger partial charge is 0.459 e. The predicted octanol–water partition coefficient (Wildman–Crippen LogP) is 3.73. The number of carbonyl (C=O) groups excluding carboxylic acids is 2. The summed E-state index contributed by atoms with van der Waals surface area (Å²) in [5.74, 6) is -2.19. The lowest BCUT2D eigenvalue weighted by atomic mass is 10.3. The number of esters is 1. The van der Waals surface area contributed by atoms with Gasteiger partial charge in [0.05, 0.1) is 16.8 Å². The second-order valence-electron chi connectivity index (χ2n) is 4.87. The zero-order valence-electron chi connectivity index (χ0n) is 13.1. The van der Waals surface area contributed by atoms with Crippen molar-refractivity contribution in [2.45, 2.75) is 6.92 Å². The minimum Gasteiger partial charge on any atom is -0.459 e. The molecule has 0 bridgehead atoms. The number of carbonyl (C=O) groups is 2. The number of amides is 1. The van der Waals surface area contributed by atoms with Crippen LogP contribution in [0.1, 0.15) is 6.92 Å². The average molecular weight is 360 g/mol. The van der Waals surface area contributed by atoms with Crippen LogP contribution in [0.5, 0.6) is 11.5 Å². The molecule has 1 amide bonds. The number of rotatable bonds is 4. The molecule has 8 heteroatoms. The van der Waals surface area contributed by atoms with Crippen molar-refractivity contribution in [1.29, 1.82) is 0 Å². The van der Waals surface area contributed by atoms with E-state index >= 15 is 0 Å². The van der Waals surface area contributed by atoms with E-state index < -0.39 is 17.7 Å². The van der Waals surface area contributed by atoms with Gasteiger partial charge in [-0.05, 0) is 30.5 Å². The standard InChI is InChI=1S/C17H13FN2O4S/c1-2-23-17(22)16(21)20-10-3-4-13(11(18)9-10)24-14-5-7-19-12-6-8-25-15(12)14/h3-9H,2H2,1H3,(H,20,21). The Hall–Kier alpha value is -3.00. The lowest BCUT2D eigenvalue weighted by Crippen LogP contribution is -2.25. The van der Waals surface area contributed by atoms with E-state index in [1.54, 1.807) is 19.2 Å². The van der Waals surface area contributed by atoms with Crippen LogP contribution in [0.3, 0.4) is 0 Å². The lowest BCUT2D eigenvalue weighted by molar-refractivity contribution is -0.152. The van der Waals surface area contributed by atoms with Crippen LogP contribution >= 0.6 is 11.3 Å². The van der Waals surface area contributed by atoms with Gasteiger partial charge in [-0.1, -0.05) is 0 Å². The summed E-state index contributed by atoms with van der Waals surface area (Å²) in [6, 6.07) is 7.36. The summed E-state index contributed by atoms with van der Waals surface area (Å²) in [6.45, 7) is 1.66. The highest BCUT2D eigenvalue weighted by Crippen LogP contribution is 2.34. The van der Waals surface area contributed by atoms with Gasteiger partial charge in [0.2, 0.25) is 0 Å². The molecule has 3 aromatic rings. The van der Waals surface area contributed by atoms with E-state index in [2.05, 4.69) is 15.0 Å².